The van der Waals surface area contributed by atoms with Gasteiger partial charge in [0.05, 0.1) is 22.3 Å². The molecule has 0 saturated carbocycles. The average Bonchev–Trinajstić information content (AvgIpc) is 2.77. The van der Waals surface area contributed by atoms with E-state index in [0.717, 1.165) is 0 Å². The lowest BCUT2D eigenvalue weighted by Gasteiger charge is -2.09. The summed E-state index contributed by atoms with van der Waals surface area (Å²) < 4.78 is 32.6. The maximum absolute atomic E-state index is 12.4. The molecule has 2 rings (SSSR count). The number of anilines is 1. The first-order chi connectivity index (χ1) is 9.85. The van der Waals surface area contributed by atoms with Crippen LogP contribution in [-0.2, 0) is 16.6 Å². The lowest BCUT2D eigenvalue weighted by atomic mass is 10.3. The van der Waals surface area contributed by atoms with Crippen LogP contribution in [0, 0.1) is 0 Å². The number of halogens is 3. The normalized spacial score (nSPS) is 11.6. The first-order valence-electron chi connectivity index (χ1n) is 5.75. The first kappa shape index (κ1) is 16.6. The Hall–Kier alpha value is -0.730. The summed E-state index contributed by atoms with van der Waals surface area (Å²) in [6.45, 7) is 0.409. The summed E-state index contributed by atoms with van der Waals surface area (Å²) in [5.41, 5.74) is 0.201. The number of hydrogen-bond donors (Lipinski definition) is 2. The van der Waals surface area contributed by atoms with Crippen molar-refractivity contribution in [2.24, 2.45) is 0 Å². The topological polar surface area (TPSA) is 71.3 Å². The van der Waals surface area contributed by atoms with E-state index in [1.54, 1.807) is 19.2 Å². The second kappa shape index (κ2) is 6.58. The summed E-state index contributed by atoms with van der Waals surface area (Å²) in [5, 5.41) is 3.27. The van der Waals surface area contributed by atoms with Crippen LogP contribution >= 0.6 is 39.1 Å². The van der Waals surface area contributed by atoms with Crippen molar-refractivity contribution in [1.29, 1.82) is 0 Å². The summed E-state index contributed by atoms with van der Waals surface area (Å²) in [5.74, 6) is 0.488. The number of hydrogen-bond acceptors (Lipinski definition) is 4. The van der Waals surface area contributed by atoms with Crippen molar-refractivity contribution in [1.82, 2.24) is 5.32 Å². The Morgan fingerprint density at radius 3 is 2.71 bits per heavy atom. The number of sulfonamides is 1. The SMILES string of the molecule is CNCc1cc(S(=O)(=O)Nc2cccc(Cl)c2Cl)c(Br)o1. The quantitative estimate of drug-likeness (QED) is 0.780. The van der Waals surface area contributed by atoms with E-state index in [-0.39, 0.29) is 25.3 Å². The molecule has 0 aliphatic heterocycles. The van der Waals surface area contributed by atoms with Crippen molar-refractivity contribution in [2.45, 2.75) is 11.4 Å². The molecule has 0 aliphatic carbocycles. The minimum absolute atomic E-state index is 0.0104. The van der Waals surface area contributed by atoms with Gasteiger partial charge in [-0.3, -0.25) is 4.72 Å². The predicted molar refractivity (Wildman–Crippen MR) is 86.4 cm³/mol. The number of benzene rings is 1. The Bertz CT molecular complexity index is 762. The Labute approximate surface area is 140 Å². The average molecular weight is 414 g/mol. The van der Waals surface area contributed by atoms with Gasteiger partial charge in [0.1, 0.15) is 10.7 Å². The van der Waals surface area contributed by atoms with Crippen molar-refractivity contribution >= 4 is 54.8 Å². The summed E-state index contributed by atoms with van der Waals surface area (Å²) in [6, 6.07) is 6.12. The van der Waals surface area contributed by atoms with Crippen LogP contribution < -0.4 is 10.0 Å². The molecule has 1 aromatic carbocycles. The largest absolute Gasteiger partial charge is 0.451 e. The third kappa shape index (κ3) is 3.73. The van der Waals surface area contributed by atoms with Gasteiger partial charge in [-0.1, -0.05) is 29.3 Å². The van der Waals surface area contributed by atoms with E-state index in [1.807, 2.05) is 0 Å². The van der Waals surface area contributed by atoms with E-state index in [2.05, 4.69) is 26.0 Å². The summed E-state index contributed by atoms with van der Waals surface area (Å²) in [7, 11) is -2.11. The van der Waals surface area contributed by atoms with Crippen molar-refractivity contribution in [2.75, 3.05) is 11.8 Å². The van der Waals surface area contributed by atoms with Crippen LogP contribution in [0.5, 0.6) is 0 Å². The highest BCUT2D eigenvalue weighted by molar-refractivity contribution is 9.10. The van der Waals surface area contributed by atoms with Gasteiger partial charge in [-0.05, 0) is 35.1 Å². The Balaban J connectivity index is 2.36. The molecule has 0 radical (unpaired) electrons. The number of furan rings is 1. The molecule has 0 atom stereocenters. The number of rotatable bonds is 5. The van der Waals surface area contributed by atoms with Crippen LogP contribution in [0.2, 0.25) is 10.0 Å². The van der Waals surface area contributed by atoms with Crippen molar-refractivity contribution in [3.05, 3.63) is 44.7 Å². The van der Waals surface area contributed by atoms with E-state index in [9.17, 15) is 8.42 Å². The van der Waals surface area contributed by atoms with Crippen LogP contribution in [0.3, 0.4) is 0 Å². The molecular weight excluding hydrogens is 403 g/mol. The maximum atomic E-state index is 12.4. The monoisotopic (exact) mass is 412 g/mol. The summed E-state index contributed by atoms with van der Waals surface area (Å²) >= 11 is 14.9. The molecule has 2 aromatic rings. The zero-order chi connectivity index (χ0) is 15.6. The van der Waals surface area contributed by atoms with Gasteiger partial charge < -0.3 is 9.73 Å². The van der Waals surface area contributed by atoms with Crippen molar-refractivity contribution < 1.29 is 12.8 Å². The van der Waals surface area contributed by atoms with Gasteiger partial charge in [-0.2, -0.15) is 0 Å². The molecule has 9 heteroatoms. The molecule has 0 bridgehead atoms. The predicted octanol–water partition coefficient (Wildman–Crippen LogP) is 3.87. The Morgan fingerprint density at radius 2 is 2.05 bits per heavy atom. The molecule has 114 valence electrons. The molecule has 1 aromatic heterocycles. The molecule has 0 spiro atoms. The maximum Gasteiger partial charge on any atom is 0.266 e. The minimum atomic E-state index is -3.84. The van der Waals surface area contributed by atoms with Gasteiger partial charge in [-0.15, -0.1) is 0 Å². The molecule has 0 saturated heterocycles. The van der Waals surface area contributed by atoms with E-state index in [1.165, 1.54) is 12.1 Å². The van der Waals surface area contributed by atoms with E-state index in [4.69, 9.17) is 27.6 Å². The molecule has 0 aliphatic rings. The molecule has 5 nitrogen and oxygen atoms in total. The highest BCUT2D eigenvalue weighted by Crippen LogP contribution is 2.33. The van der Waals surface area contributed by atoms with Crippen molar-refractivity contribution in [3.8, 4) is 0 Å². The van der Waals surface area contributed by atoms with Gasteiger partial charge in [0.25, 0.3) is 10.0 Å². The fraction of sp³-hybridized carbons (Fsp3) is 0.167. The lowest BCUT2D eigenvalue weighted by Crippen LogP contribution is -2.13. The van der Waals surface area contributed by atoms with Crippen LogP contribution in [0.15, 0.2) is 38.2 Å². The summed E-state index contributed by atoms with van der Waals surface area (Å²) in [6.07, 6.45) is 0. The first-order valence-corrected chi connectivity index (χ1v) is 8.78. The van der Waals surface area contributed by atoms with Crippen molar-refractivity contribution in [3.63, 3.8) is 0 Å². The fourth-order valence-corrected chi connectivity index (χ4v) is 4.10. The van der Waals surface area contributed by atoms with E-state index in [0.29, 0.717) is 12.3 Å². The fourth-order valence-electron chi connectivity index (χ4n) is 1.62. The zero-order valence-corrected chi connectivity index (χ0v) is 14.7. The van der Waals surface area contributed by atoms with Crippen LogP contribution in [0.4, 0.5) is 5.69 Å². The molecular formula is C12H11BrCl2N2O3S. The molecule has 2 N–H and O–H groups in total. The standard InChI is InChI=1S/C12H11BrCl2N2O3S/c1-16-6-7-5-10(12(13)20-7)21(18,19)17-9-4-2-3-8(14)11(9)15/h2-5,16-17H,6H2,1H3. The van der Waals surface area contributed by atoms with Gasteiger partial charge >= 0.3 is 0 Å². The second-order valence-corrected chi connectivity index (χ2v) is 7.24. The van der Waals surface area contributed by atoms with Crippen LogP contribution in [0.1, 0.15) is 5.76 Å². The van der Waals surface area contributed by atoms with Gasteiger partial charge in [0, 0.05) is 6.07 Å². The Kier molecular flexibility index (Phi) is 5.21. The molecule has 0 amide bonds. The smallest absolute Gasteiger partial charge is 0.266 e. The molecule has 21 heavy (non-hydrogen) atoms. The molecule has 1 heterocycles. The third-order valence-corrected chi connectivity index (χ3v) is 5.58. The molecule has 0 fully saturated rings. The van der Waals surface area contributed by atoms with Crippen LogP contribution in [0.25, 0.3) is 0 Å². The number of nitrogens with one attached hydrogen (secondary N) is 2. The van der Waals surface area contributed by atoms with E-state index < -0.39 is 10.0 Å². The van der Waals surface area contributed by atoms with E-state index >= 15 is 0 Å². The van der Waals surface area contributed by atoms with Gasteiger partial charge in [0.2, 0.25) is 0 Å². The van der Waals surface area contributed by atoms with Crippen LogP contribution in [-0.4, -0.2) is 15.5 Å². The highest BCUT2D eigenvalue weighted by Gasteiger charge is 2.23. The zero-order valence-electron chi connectivity index (χ0n) is 10.8. The summed E-state index contributed by atoms with van der Waals surface area (Å²) in [4.78, 5) is -0.0104. The second-order valence-electron chi connectivity index (χ2n) is 4.09. The van der Waals surface area contributed by atoms with Gasteiger partial charge in [-0.25, -0.2) is 8.42 Å². The molecule has 0 unspecified atom stereocenters. The third-order valence-electron chi connectivity index (χ3n) is 2.54. The Morgan fingerprint density at radius 1 is 1.33 bits per heavy atom. The van der Waals surface area contributed by atoms with Gasteiger partial charge in [0.15, 0.2) is 4.67 Å². The highest BCUT2D eigenvalue weighted by atomic mass is 79.9. The lowest BCUT2D eigenvalue weighted by molar-refractivity contribution is 0.470. The minimum Gasteiger partial charge on any atom is -0.451 e.